The average molecular weight is 246 g/mol. The zero-order valence-electron chi connectivity index (χ0n) is 11.5. The van der Waals surface area contributed by atoms with Gasteiger partial charge in [0.2, 0.25) is 0 Å². The summed E-state index contributed by atoms with van der Waals surface area (Å²) in [5, 5.41) is 7.74. The third-order valence-electron chi connectivity index (χ3n) is 3.68. The first kappa shape index (κ1) is 12.9. The molecule has 0 fully saturated rings. The Labute approximate surface area is 109 Å². The lowest BCUT2D eigenvalue weighted by atomic mass is 9.94. The van der Waals surface area contributed by atoms with Gasteiger partial charge in [0.05, 0.1) is 5.56 Å². The molecule has 0 unspecified atom stereocenters. The van der Waals surface area contributed by atoms with Gasteiger partial charge in [-0.15, -0.1) is 0 Å². The fourth-order valence-electron chi connectivity index (χ4n) is 2.33. The van der Waals surface area contributed by atoms with Gasteiger partial charge in [-0.05, 0) is 51.2 Å². The Morgan fingerprint density at radius 2 is 2.06 bits per heavy atom. The number of nitrogens with zero attached hydrogens (tertiary/aromatic N) is 2. The summed E-state index contributed by atoms with van der Waals surface area (Å²) in [7, 11) is 2.01. The number of nitrogen functional groups attached to an aromatic ring is 1. The number of anilines is 1. The molecular weight excluding hydrogens is 224 g/mol. The molecule has 0 aromatic carbocycles. The highest BCUT2D eigenvalue weighted by atomic mass is 15.2. The van der Waals surface area contributed by atoms with Gasteiger partial charge in [-0.3, -0.25) is 5.41 Å². The second-order valence-electron chi connectivity index (χ2n) is 5.29. The number of nitrogens with two attached hydrogens (primary N) is 1. The number of aryl methyl sites for hydroxylation is 2. The molecule has 4 nitrogen and oxygen atoms in total. The molecule has 0 radical (unpaired) electrons. The quantitative estimate of drug-likeness (QED) is 0.634. The monoisotopic (exact) mass is 246 g/mol. The standard InChI is InChI=1S/C14H22N4/c1-9(2)18(3)14-11(13(15)16)8-10-6-4-5-7-12(10)17-14/h8-9H,4-7H2,1-3H3,(H3,15,16). The minimum atomic E-state index is 0.110. The first-order valence-corrected chi connectivity index (χ1v) is 6.60. The maximum atomic E-state index is 7.74. The largest absolute Gasteiger partial charge is 0.384 e. The second kappa shape index (κ2) is 4.96. The number of hydrogen-bond acceptors (Lipinski definition) is 3. The molecule has 0 bridgehead atoms. The van der Waals surface area contributed by atoms with Gasteiger partial charge in [0.15, 0.2) is 0 Å². The van der Waals surface area contributed by atoms with Crippen LogP contribution < -0.4 is 10.6 Å². The number of rotatable bonds is 3. The minimum Gasteiger partial charge on any atom is -0.384 e. The van der Waals surface area contributed by atoms with E-state index < -0.39 is 0 Å². The van der Waals surface area contributed by atoms with E-state index in [1.165, 1.54) is 24.1 Å². The maximum absolute atomic E-state index is 7.74. The van der Waals surface area contributed by atoms with E-state index in [4.69, 9.17) is 16.1 Å². The van der Waals surface area contributed by atoms with Crippen molar-refractivity contribution >= 4 is 11.7 Å². The van der Waals surface area contributed by atoms with Crippen molar-refractivity contribution in [2.75, 3.05) is 11.9 Å². The summed E-state index contributed by atoms with van der Waals surface area (Å²) in [6.45, 7) is 4.23. The highest BCUT2D eigenvalue weighted by Crippen LogP contribution is 2.26. The van der Waals surface area contributed by atoms with Crippen molar-refractivity contribution in [2.24, 2.45) is 5.73 Å². The summed E-state index contributed by atoms with van der Waals surface area (Å²) < 4.78 is 0. The van der Waals surface area contributed by atoms with E-state index in [-0.39, 0.29) is 5.84 Å². The molecule has 98 valence electrons. The molecule has 1 aromatic heterocycles. The van der Waals surface area contributed by atoms with Crippen molar-refractivity contribution in [2.45, 2.75) is 45.6 Å². The van der Waals surface area contributed by atoms with Gasteiger partial charge >= 0.3 is 0 Å². The highest BCUT2D eigenvalue weighted by Gasteiger charge is 2.19. The molecule has 0 spiro atoms. The molecule has 4 heteroatoms. The topological polar surface area (TPSA) is 66.0 Å². The van der Waals surface area contributed by atoms with Gasteiger partial charge in [0.25, 0.3) is 0 Å². The molecule has 0 aliphatic heterocycles. The Bertz CT molecular complexity index is 465. The van der Waals surface area contributed by atoms with Crippen LogP contribution in [0.5, 0.6) is 0 Å². The van der Waals surface area contributed by atoms with E-state index in [1.807, 2.05) is 7.05 Å². The molecule has 0 saturated heterocycles. The summed E-state index contributed by atoms with van der Waals surface area (Å²) in [5.41, 5.74) is 8.93. The fourth-order valence-corrected chi connectivity index (χ4v) is 2.33. The molecule has 1 heterocycles. The van der Waals surface area contributed by atoms with Crippen LogP contribution in [0.2, 0.25) is 0 Å². The fraction of sp³-hybridized carbons (Fsp3) is 0.571. The molecule has 1 aliphatic rings. The van der Waals surface area contributed by atoms with Crippen molar-refractivity contribution < 1.29 is 0 Å². The smallest absolute Gasteiger partial charge is 0.139 e. The van der Waals surface area contributed by atoms with Crippen LogP contribution in [-0.2, 0) is 12.8 Å². The average Bonchev–Trinajstić information content (AvgIpc) is 2.36. The number of fused-ring (bicyclic) bond motifs is 1. The summed E-state index contributed by atoms with van der Waals surface area (Å²) in [6.07, 6.45) is 4.54. The maximum Gasteiger partial charge on any atom is 0.139 e. The Kier molecular flexibility index (Phi) is 3.55. The van der Waals surface area contributed by atoms with Crippen LogP contribution in [0.3, 0.4) is 0 Å². The molecule has 18 heavy (non-hydrogen) atoms. The predicted octanol–water partition coefficient (Wildman–Crippen LogP) is 2.09. The summed E-state index contributed by atoms with van der Waals surface area (Å²) in [4.78, 5) is 6.85. The Balaban J connectivity index is 2.52. The van der Waals surface area contributed by atoms with Gasteiger partial charge in [-0.1, -0.05) is 0 Å². The summed E-state index contributed by atoms with van der Waals surface area (Å²) in [5.74, 6) is 0.955. The number of amidine groups is 1. The number of pyridine rings is 1. The van der Waals surface area contributed by atoms with Crippen LogP contribution in [0, 0.1) is 5.41 Å². The summed E-state index contributed by atoms with van der Waals surface area (Å²) in [6, 6.07) is 2.41. The molecular formula is C14H22N4. The van der Waals surface area contributed by atoms with Crippen molar-refractivity contribution in [3.63, 3.8) is 0 Å². The van der Waals surface area contributed by atoms with E-state index in [0.717, 1.165) is 24.2 Å². The zero-order chi connectivity index (χ0) is 13.3. The van der Waals surface area contributed by atoms with Crippen LogP contribution >= 0.6 is 0 Å². The molecule has 0 saturated carbocycles. The molecule has 2 rings (SSSR count). The molecule has 3 N–H and O–H groups in total. The predicted molar refractivity (Wildman–Crippen MR) is 75.4 cm³/mol. The van der Waals surface area contributed by atoms with E-state index in [9.17, 15) is 0 Å². The first-order valence-electron chi connectivity index (χ1n) is 6.60. The van der Waals surface area contributed by atoms with E-state index >= 15 is 0 Å². The molecule has 1 aliphatic carbocycles. The second-order valence-corrected chi connectivity index (χ2v) is 5.29. The SMILES string of the molecule is CC(C)N(C)c1nc2c(cc1C(=N)N)CCCC2. The Morgan fingerprint density at radius 3 is 2.67 bits per heavy atom. The molecule has 0 atom stereocenters. The zero-order valence-corrected chi connectivity index (χ0v) is 11.5. The van der Waals surface area contributed by atoms with Crippen LogP contribution in [0.15, 0.2) is 6.07 Å². The van der Waals surface area contributed by atoms with E-state index in [1.54, 1.807) is 0 Å². The summed E-state index contributed by atoms with van der Waals surface area (Å²) >= 11 is 0. The number of aromatic nitrogens is 1. The van der Waals surface area contributed by atoms with Gasteiger partial charge < -0.3 is 10.6 Å². The first-order chi connectivity index (χ1) is 8.50. The van der Waals surface area contributed by atoms with Crippen LogP contribution in [0.4, 0.5) is 5.82 Å². The lowest BCUT2D eigenvalue weighted by Gasteiger charge is -2.27. The third-order valence-corrected chi connectivity index (χ3v) is 3.68. The van der Waals surface area contributed by atoms with E-state index in [2.05, 4.69) is 24.8 Å². The minimum absolute atomic E-state index is 0.110. The normalized spacial score (nSPS) is 14.4. The highest BCUT2D eigenvalue weighted by molar-refractivity contribution is 5.99. The molecule has 1 aromatic rings. The Hall–Kier alpha value is -1.58. The van der Waals surface area contributed by atoms with E-state index in [0.29, 0.717) is 6.04 Å². The van der Waals surface area contributed by atoms with Crippen LogP contribution in [-0.4, -0.2) is 23.9 Å². The Morgan fingerprint density at radius 1 is 1.39 bits per heavy atom. The van der Waals surface area contributed by atoms with Crippen molar-refractivity contribution in [3.8, 4) is 0 Å². The van der Waals surface area contributed by atoms with Gasteiger partial charge in [0.1, 0.15) is 11.7 Å². The van der Waals surface area contributed by atoms with Crippen molar-refractivity contribution in [1.82, 2.24) is 4.98 Å². The van der Waals surface area contributed by atoms with Gasteiger partial charge in [0, 0.05) is 18.8 Å². The molecule has 0 amide bonds. The van der Waals surface area contributed by atoms with Crippen LogP contribution in [0.25, 0.3) is 0 Å². The van der Waals surface area contributed by atoms with Gasteiger partial charge in [-0.25, -0.2) is 4.98 Å². The number of hydrogen-bond donors (Lipinski definition) is 2. The lowest BCUT2D eigenvalue weighted by Crippen LogP contribution is -2.30. The number of nitrogens with one attached hydrogen (secondary N) is 1. The van der Waals surface area contributed by atoms with Crippen molar-refractivity contribution in [3.05, 3.63) is 22.9 Å². The van der Waals surface area contributed by atoms with Crippen molar-refractivity contribution in [1.29, 1.82) is 5.41 Å². The lowest BCUT2D eigenvalue weighted by molar-refractivity contribution is 0.661. The van der Waals surface area contributed by atoms with Crippen LogP contribution in [0.1, 0.15) is 43.5 Å². The van der Waals surface area contributed by atoms with Gasteiger partial charge in [-0.2, -0.15) is 0 Å². The third kappa shape index (κ3) is 2.33.